The number of rotatable bonds is 5. The van der Waals surface area contributed by atoms with Gasteiger partial charge in [-0.1, -0.05) is 6.07 Å². The molecule has 2 N–H and O–H groups in total. The first-order valence-corrected chi connectivity index (χ1v) is 6.44. The second kappa shape index (κ2) is 4.24. The second-order valence-corrected chi connectivity index (χ2v) is 5.89. The average Bonchev–Trinajstić information content (AvgIpc) is 2.92. The average molecular weight is 225 g/mol. The van der Waals surface area contributed by atoms with Gasteiger partial charge in [0.05, 0.1) is 0 Å². The monoisotopic (exact) mass is 225 g/mol. The van der Waals surface area contributed by atoms with Crippen LogP contribution in [0.25, 0.3) is 0 Å². The number of aliphatic hydroxyl groups excluding tert-OH is 1. The van der Waals surface area contributed by atoms with Gasteiger partial charge in [0.1, 0.15) is 6.10 Å². The number of hydrogen-bond donors (Lipinski definition) is 2. The highest BCUT2D eigenvalue weighted by atomic mass is 32.1. The molecule has 1 saturated carbocycles. The summed E-state index contributed by atoms with van der Waals surface area (Å²) in [5, 5.41) is 15.4. The van der Waals surface area contributed by atoms with E-state index < -0.39 is 0 Å². The summed E-state index contributed by atoms with van der Waals surface area (Å²) in [5.41, 5.74) is 0.179. The molecule has 84 valence electrons. The number of hydrogen-bond acceptors (Lipinski definition) is 3. The third-order valence-corrected chi connectivity index (χ3v) is 4.19. The minimum absolute atomic E-state index is 0.179. The molecule has 1 aliphatic carbocycles. The summed E-state index contributed by atoms with van der Waals surface area (Å²) in [4.78, 5) is 1.05. The third kappa shape index (κ3) is 2.80. The molecule has 1 heterocycles. The first kappa shape index (κ1) is 11.1. The molecule has 0 aliphatic heterocycles. The molecule has 0 radical (unpaired) electrons. The van der Waals surface area contributed by atoms with Crippen molar-refractivity contribution < 1.29 is 5.11 Å². The molecule has 1 aliphatic rings. The standard InChI is InChI=1S/C12H19NOS/c1-12(2,9-5-6-9)13-8-10(14)11-4-3-7-15-11/h3-4,7,9-10,13-14H,5-6,8H2,1-2H3. The fourth-order valence-electron chi connectivity index (χ4n) is 1.89. The zero-order chi connectivity index (χ0) is 10.9. The van der Waals surface area contributed by atoms with Crippen molar-refractivity contribution in [3.05, 3.63) is 22.4 Å². The largest absolute Gasteiger partial charge is 0.386 e. The second-order valence-electron chi connectivity index (χ2n) is 4.91. The Morgan fingerprint density at radius 1 is 1.60 bits per heavy atom. The van der Waals surface area contributed by atoms with E-state index in [1.807, 2.05) is 17.5 Å². The molecule has 15 heavy (non-hydrogen) atoms. The van der Waals surface area contributed by atoms with Gasteiger partial charge >= 0.3 is 0 Å². The van der Waals surface area contributed by atoms with Crippen LogP contribution in [0.2, 0.25) is 0 Å². The summed E-state index contributed by atoms with van der Waals surface area (Å²) >= 11 is 1.62. The van der Waals surface area contributed by atoms with E-state index in [9.17, 15) is 5.11 Å². The van der Waals surface area contributed by atoms with Crippen LogP contribution in [0.5, 0.6) is 0 Å². The first-order valence-electron chi connectivity index (χ1n) is 5.56. The lowest BCUT2D eigenvalue weighted by Crippen LogP contribution is -2.43. The molecular weight excluding hydrogens is 206 g/mol. The highest BCUT2D eigenvalue weighted by Crippen LogP contribution is 2.39. The molecule has 1 unspecified atom stereocenters. The normalized spacial score (nSPS) is 19.1. The van der Waals surface area contributed by atoms with Gasteiger partial charge in [0.2, 0.25) is 0 Å². The third-order valence-electron chi connectivity index (χ3n) is 3.22. The van der Waals surface area contributed by atoms with Crippen LogP contribution in [0.4, 0.5) is 0 Å². The van der Waals surface area contributed by atoms with E-state index in [4.69, 9.17) is 0 Å². The maximum absolute atomic E-state index is 9.92. The molecule has 0 bridgehead atoms. The molecule has 2 rings (SSSR count). The molecule has 1 atom stereocenters. The van der Waals surface area contributed by atoms with Crippen LogP contribution in [0.1, 0.15) is 37.7 Å². The Balaban J connectivity index is 1.82. The maximum atomic E-state index is 9.92. The zero-order valence-electron chi connectivity index (χ0n) is 9.36. The molecule has 1 aromatic rings. The molecule has 3 heteroatoms. The quantitative estimate of drug-likeness (QED) is 0.807. The van der Waals surface area contributed by atoms with Gasteiger partial charge in [0.15, 0.2) is 0 Å². The summed E-state index contributed by atoms with van der Waals surface area (Å²) in [7, 11) is 0. The Bertz CT molecular complexity index is 303. The van der Waals surface area contributed by atoms with E-state index in [2.05, 4.69) is 19.2 Å². The predicted molar refractivity (Wildman–Crippen MR) is 64.1 cm³/mol. The van der Waals surface area contributed by atoms with Crippen LogP contribution in [-0.4, -0.2) is 17.2 Å². The molecule has 0 spiro atoms. The summed E-state index contributed by atoms with van der Waals surface area (Å²) < 4.78 is 0. The Labute approximate surface area is 95.3 Å². The van der Waals surface area contributed by atoms with E-state index in [0.717, 1.165) is 10.8 Å². The van der Waals surface area contributed by atoms with Crippen molar-refractivity contribution in [1.29, 1.82) is 0 Å². The summed E-state index contributed by atoms with van der Waals surface area (Å²) in [6.45, 7) is 5.11. The fourth-order valence-corrected chi connectivity index (χ4v) is 2.60. The van der Waals surface area contributed by atoms with E-state index >= 15 is 0 Å². The first-order chi connectivity index (χ1) is 7.09. The minimum atomic E-state index is -0.358. The van der Waals surface area contributed by atoms with Crippen molar-refractivity contribution in [3.63, 3.8) is 0 Å². The fraction of sp³-hybridized carbons (Fsp3) is 0.667. The highest BCUT2D eigenvalue weighted by molar-refractivity contribution is 7.10. The van der Waals surface area contributed by atoms with Gasteiger partial charge < -0.3 is 10.4 Å². The number of nitrogens with one attached hydrogen (secondary N) is 1. The van der Waals surface area contributed by atoms with Gasteiger partial charge in [-0.3, -0.25) is 0 Å². The molecule has 2 nitrogen and oxygen atoms in total. The molecule has 0 saturated heterocycles. The van der Waals surface area contributed by atoms with Crippen molar-refractivity contribution in [2.24, 2.45) is 5.92 Å². The van der Waals surface area contributed by atoms with Gasteiger partial charge in [0.25, 0.3) is 0 Å². The Morgan fingerprint density at radius 3 is 2.87 bits per heavy atom. The smallest absolute Gasteiger partial charge is 0.101 e. The Hall–Kier alpha value is -0.380. The number of β-amino-alcohol motifs (C(OH)–C–C–N with tert-alkyl or cyclic N) is 1. The van der Waals surface area contributed by atoms with Gasteiger partial charge in [-0.15, -0.1) is 11.3 Å². The topological polar surface area (TPSA) is 32.3 Å². The van der Waals surface area contributed by atoms with Crippen LogP contribution < -0.4 is 5.32 Å². The van der Waals surface area contributed by atoms with Crippen molar-refractivity contribution in [3.8, 4) is 0 Å². The van der Waals surface area contributed by atoms with Crippen LogP contribution in [0.3, 0.4) is 0 Å². The maximum Gasteiger partial charge on any atom is 0.101 e. The summed E-state index contributed by atoms with van der Waals surface area (Å²) in [6, 6.07) is 3.97. The molecule has 1 aromatic heterocycles. The zero-order valence-corrected chi connectivity index (χ0v) is 10.2. The molecular formula is C12H19NOS. The van der Waals surface area contributed by atoms with Crippen LogP contribution in [0, 0.1) is 5.92 Å². The van der Waals surface area contributed by atoms with E-state index in [0.29, 0.717) is 6.54 Å². The molecule has 0 amide bonds. The van der Waals surface area contributed by atoms with Crippen LogP contribution in [-0.2, 0) is 0 Å². The Morgan fingerprint density at radius 2 is 2.33 bits per heavy atom. The molecule has 1 fully saturated rings. The van der Waals surface area contributed by atoms with Gasteiger partial charge in [0, 0.05) is 17.0 Å². The van der Waals surface area contributed by atoms with E-state index in [1.165, 1.54) is 12.8 Å². The van der Waals surface area contributed by atoms with Crippen molar-refractivity contribution in [2.75, 3.05) is 6.54 Å². The Kier molecular flexibility index (Phi) is 3.14. The summed E-state index contributed by atoms with van der Waals surface area (Å²) in [5.74, 6) is 0.799. The van der Waals surface area contributed by atoms with E-state index in [1.54, 1.807) is 11.3 Å². The minimum Gasteiger partial charge on any atom is -0.386 e. The lowest BCUT2D eigenvalue weighted by atomic mass is 9.98. The summed E-state index contributed by atoms with van der Waals surface area (Å²) in [6.07, 6.45) is 2.30. The van der Waals surface area contributed by atoms with Crippen molar-refractivity contribution >= 4 is 11.3 Å². The number of thiophene rings is 1. The predicted octanol–water partition coefficient (Wildman–Crippen LogP) is 2.56. The SMILES string of the molecule is CC(C)(NCC(O)c1cccs1)C1CC1. The lowest BCUT2D eigenvalue weighted by molar-refractivity contribution is 0.160. The highest BCUT2D eigenvalue weighted by Gasteiger charge is 2.37. The van der Waals surface area contributed by atoms with Gasteiger partial charge in [-0.05, 0) is 44.1 Å². The van der Waals surface area contributed by atoms with Crippen molar-refractivity contribution in [1.82, 2.24) is 5.32 Å². The van der Waals surface area contributed by atoms with Crippen molar-refractivity contribution in [2.45, 2.75) is 38.3 Å². The van der Waals surface area contributed by atoms with Crippen LogP contribution >= 0.6 is 11.3 Å². The molecule has 0 aromatic carbocycles. The van der Waals surface area contributed by atoms with E-state index in [-0.39, 0.29) is 11.6 Å². The van der Waals surface area contributed by atoms with Crippen LogP contribution in [0.15, 0.2) is 17.5 Å². The van der Waals surface area contributed by atoms with Gasteiger partial charge in [-0.2, -0.15) is 0 Å². The van der Waals surface area contributed by atoms with Gasteiger partial charge in [-0.25, -0.2) is 0 Å². The lowest BCUT2D eigenvalue weighted by Gasteiger charge is -2.27. The number of aliphatic hydroxyl groups is 1.